The largest absolute Gasteiger partial charge is 0.388 e. The van der Waals surface area contributed by atoms with Gasteiger partial charge < -0.3 is 40.1 Å². The fourth-order valence-corrected chi connectivity index (χ4v) is 6.67. The Morgan fingerprint density at radius 2 is 1.97 bits per heavy atom. The van der Waals surface area contributed by atoms with Gasteiger partial charge in [-0.25, -0.2) is 4.79 Å². The minimum atomic E-state index is -1.26. The molecule has 39 heavy (non-hydrogen) atoms. The van der Waals surface area contributed by atoms with Crippen LogP contribution in [-0.2, 0) is 25.6 Å². The van der Waals surface area contributed by atoms with Crippen LogP contribution in [0.4, 0.5) is 4.79 Å². The van der Waals surface area contributed by atoms with Crippen LogP contribution in [-0.4, -0.2) is 131 Å². The first kappa shape index (κ1) is 28.2. The highest BCUT2D eigenvalue weighted by atomic mass is 32.1. The highest BCUT2D eigenvalue weighted by Crippen LogP contribution is 2.28. The summed E-state index contributed by atoms with van der Waals surface area (Å²) >= 11 is 1.63. The van der Waals surface area contributed by atoms with Crippen molar-refractivity contribution >= 4 is 29.2 Å². The van der Waals surface area contributed by atoms with E-state index in [9.17, 15) is 24.6 Å². The molecule has 6 bridgehead atoms. The van der Waals surface area contributed by atoms with Crippen molar-refractivity contribution in [1.82, 2.24) is 25.3 Å². The van der Waals surface area contributed by atoms with Gasteiger partial charge in [-0.05, 0) is 31.7 Å². The highest BCUT2D eigenvalue weighted by Gasteiger charge is 2.46. The van der Waals surface area contributed by atoms with Gasteiger partial charge in [0.2, 0.25) is 11.8 Å². The Hall–Kier alpha value is -2.29. The fraction of sp³-hybridized carbons (Fsp3) is 0.731. The number of morpholine rings is 1. The van der Waals surface area contributed by atoms with E-state index in [2.05, 4.69) is 15.5 Å². The van der Waals surface area contributed by atoms with Gasteiger partial charge in [-0.1, -0.05) is 6.07 Å². The summed E-state index contributed by atoms with van der Waals surface area (Å²) in [7, 11) is 0. The first-order valence-electron chi connectivity index (χ1n) is 13.7. The van der Waals surface area contributed by atoms with Crippen LogP contribution in [0.1, 0.15) is 31.6 Å². The van der Waals surface area contributed by atoms with Crippen molar-refractivity contribution in [3.05, 3.63) is 22.4 Å². The quantitative estimate of drug-likeness (QED) is 0.379. The number of nitrogens with zero attached hydrogens (tertiary/aromatic N) is 3. The molecule has 4 amide bonds. The molecule has 4 saturated heterocycles. The van der Waals surface area contributed by atoms with E-state index in [1.165, 1.54) is 4.90 Å². The zero-order valence-electron chi connectivity index (χ0n) is 22.4. The maximum atomic E-state index is 13.8. The Bertz CT molecular complexity index is 1030. The molecule has 0 unspecified atom stereocenters. The van der Waals surface area contributed by atoms with Crippen molar-refractivity contribution in [3.63, 3.8) is 0 Å². The number of aliphatic hydroxyl groups excluding tert-OH is 2. The molecule has 5 rings (SSSR count). The standard InChI is InChI=1S/C26H39N5O7S/c1-15(2)27-26(36)31-12-17-11-29(5-6-37-17)25(35)19-8-16(10-30(19)13-18-4-3-7-39-18)28-22(32)9-20-23(33)24(34)21(14-31)38-20/h3-4,7,15-17,19-21,23-24,33-34H,5-6,8-14H2,1-2H3,(H,27,36)(H,28,32)/t16-,17-,19-,20-,21+,23-,24+/m0/s1. The molecule has 0 spiro atoms. The van der Waals surface area contributed by atoms with Gasteiger partial charge in [0.05, 0.1) is 44.4 Å². The second-order valence-electron chi connectivity index (χ2n) is 11.2. The van der Waals surface area contributed by atoms with Crippen molar-refractivity contribution < 1.29 is 34.1 Å². The molecule has 0 aromatic carbocycles. The van der Waals surface area contributed by atoms with Crippen LogP contribution in [0.15, 0.2) is 17.5 Å². The number of thiophene rings is 1. The summed E-state index contributed by atoms with van der Waals surface area (Å²) < 4.78 is 11.9. The molecule has 4 aliphatic rings. The van der Waals surface area contributed by atoms with Crippen LogP contribution in [0.3, 0.4) is 0 Å². The minimum absolute atomic E-state index is 0.00253. The summed E-state index contributed by atoms with van der Waals surface area (Å²) in [5.41, 5.74) is 0. The van der Waals surface area contributed by atoms with Gasteiger partial charge >= 0.3 is 6.03 Å². The lowest BCUT2D eigenvalue weighted by molar-refractivity contribution is -0.144. The lowest BCUT2D eigenvalue weighted by Crippen LogP contribution is -2.56. The number of hydrogen-bond acceptors (Lipinski definition) is 9. The number of ether oxygens (including phenoxy) is 2. The Morgan fingerprint density at radius 1 is 1.18 bits per heavy atom. The van der Waals surface area contributed by atoms with Gasteiger partial charge in [0.15, 0.2) is 0 Å². The number of rotatable bonds is 3. The van der Waals surface area contributed by atoms with Gasteiger partial charge in [-0.15, -0.1) is 11.3 Å². The molecule has 0 saturated carbocycles. The molecular formula is C26H39N5O7S. The van der Waals surface area contributed by atoms with Crippen LogP contribution in [0.2, 0.25) is 0 Å². The number of carbonyl (C=O) groups excluding carboxylic acids is 3. The van der Waals surface area contributed by atoms with Crippen LogP contribution in [0.25, 0.3) is 0 Å². The van der Waals surface area contributed by atoms with Crippen molar-refractivity contribution in [2.24, 2.45) is 0 Å². The molecule has 1 aromatic rings. The predicted molar refractivity (Wildman–Crippen MR) is 142 cm³/mol. The number of amides is 4. The Balaban J connectivity index is 1.41. The average molecular weight is 566 g/mol. The van der Waals surface area contributed by atoms with Crippen LogP contribution < -0.4 is 10.6 Å². The van der Waals surface area contributed by atoms with E-state index < -0.39 is 36.6 Å². The number of fused-ring (bicyclic) bond motifs is 6. The zero-order valence-corrected chi connectivity index (χ0v) is 23.2. The number of likely N-dealkylation sites (tertiary alicyclic amines) is 1. The van der Waals surface area contributed by atoms with E-state index in [-0.39, 0.29) is 49.4 Å². The topological polar surface area (TPSA) is 144 Å². The first-order valence-corrected chi connectivity index (χ1v) is 14.6. The van der Waals surface area contributed by atoms with Gasteiger partial charge in [0.25, 0.3) is 0 Å². The summed E-state index contributed by atoms with van der Waals surface area (Å²) in [5.74, 6) is -0.315. The zero-order chi connectivity index (χ0) is 27.7. The summed E-state index contributed by atoms with van der Waals surface area (Å²) in [4.78, 5) is 46.5. The van der Waals surface area contributed by atoms with E-state index in [4.69, 9.17) is 9.47 Å². The second-order valence-corrected chi connectivity index (χ2v) is 12.2. The molecule has 12 nitrogen and oxygen atoms in total. The van der Waals surface area contributed by atoms with Crippen LogP contribution in [0, 0.1) is 0 Å². The third-order valence-electron chi connectivity index (χ3n) is 7.81. The Kier molecular flexibility index (Phi) is 8.74. The van der Waals surface area contributed by atoms with Crippen LogP contribution in [0.5, 0.6) is 0 Å². The van der Waals surface area contributed by atoms with E-state index >= 15 is 0 Å². The van der Waals surface area contributed by atoms with Crippen molar-refractivity contribution in [2.75, 3.05) is 39.3 Å². The third-order valence-corrected chi connectivity index (χ3v) is 8.68. The predicted octanol–water partition coefficient (Wildman–Crippen LogP) is -0.652. The van der Waals surface area contributed by atoms with Gasteiger partial charge in [-0.2, -0.15) is 0 Å². The molecule has 4 aliphatic heterocycles. The van der Waals surface area contributed by atoms with E-state index in [1.54, 1.807) is 16.2 Å². The minimum Gasteiger partial charge on any atom is -0.388 e. The summed E-state index contributed by atoms with van der Waals surface area (Å²) in [5, 5.41) is 29.3. The molecule has 13 heteroatoms. The normalized spacial score (nSPS) is 34.4. The van der Waals surface area contributed by atoms with Crippen molar-refractivity contribution in [1.29, 1.82) is 0 Å². The molecule has 1 aromatic heterocycles. The van der Waals surface area contributed by atoms with Crippen LogP contribution >= 0.6 is 11.3 Å². The van der Waals surface area contributed by atoms with Crippen molar-refractivity contribution in [3.8, 4) is 0 Å². The number of nitrogens with one attached hydrogen (secondary N) is 2. The summed E-state index contributed by atoms with van der Waals surface area (Å²) in [6, 6.07) is 2.91. The van der Waals surface area contributed by atoms with E-state index in [1.807, 2.05) is 31.4 Å². The fourth-order valence-electron chi connectivity index (χ4n) is 5.94. The van der Waals surface area contributed by atoms with E-state index in [0.717, 1.165) is 4.88 Å². The number of carbonyl (C=O) groups is 3. The summed E-state index contributed by atoms with van der Waals surface area (Å²) in [6.07, 6.45) is -4.38. The second kappa shape index (κ2) is 12.1. The molecule has 5 heterocycles. The molecule has 216 valence electrons. The van der Waals surface area contributed by atoms with Crippen molar-refractivity contribution in [2.45, 2.75) is 81.9 Å². The van der Waals surface area contributed by atoms with E-state index in [0.29, 0.717) is 39.2 Å². The lowest BCUT2D eigenvalue weighted by Gasteiger charge is -2.38. The number of urea groups is 1. The van der Waals surface area contributed by atoms with Gasteiger partial charge in [-0.3, -0.25) is 14.5 Å². The van der Waals surface area contributed by atoms with Gasteiger partial charge in [0, 0.05) is 43.1 Å². The molecule has 4 N–H and O–H groups in total. The SMILES string of the molecule is CC(C)NC(=O)N1C[C@@H]2CN(CCO2)C(=O)[C@@H]2C[C@@H](CN2Cc2cccs2)NC(=O)C[C@@H]2O[C@H](C1)[C@@H](O)[C@H]2O. The Labute approximate surface area is 232 Å². The number of aliphatic hydroxyl groups is 2. The maximum absolute atomic E-state index is 13.8. The lowest BCUT2D eigenvalue weighted by atomic mass is 10.0. The summed E-state index contributed by atoms with van der Waals surface area (Å²) in [6.45, 7) is 6.13. The Morgan fingerprint density at radius 3 is 2.72 bits per heavy atom. The molecular weight excluding hydrogens is 526 g/mol. The smallest absolute Gasteiger partial charge is 0.317 e. The van der Waals surface area contributed by atoms with Gasteiger partial charge in [0.1, 0.15) is 18.3 Å². The third kappa shape index (κ3) is 6.55. The monoisotopic (exact) mass is 565 g/mol. The molecule has 0 aliphatic carbocycles. The first-order chi connectivity index (χ1) is 18.7. The highest BCUT2D eigenvalue weighted by molar-refractivity contribution is 7.09. The average Bonchev–Trinajstić information content (AvgIpc) is 3.60. The molecule has 7 atom stereocenters. The molecule has 0 radical (unpaired) electrons. The number of hydrogen-bond donors (Lipinski definition) is 4. The molecule has 4 fully saturated rings. The maximum Gasteiger partial charge on any atom is 0.317 e.